The third-order valence-electron chi connectivity index (χ3n) is 3.65. The molecule has 100 valence electrons. The van der Waals surface area contributed by atoms with E-state index in [1.165, 1.54) is 18.9 Å². The Balaban J connectivity index is 2.25. The Kier molecular flexibility index (Phi) is 4.36. The van der Waals surface area contributed by atoms with Gasteiger partial charge in [0.2, 0.25) is 0 Å². The van der Waals surface area contributed by atoms with E-state index in [1.54, 1.807) is 6.07 Å². The molecule has 2 nitrogen and oxygen atoms in total. The van der Waals surface area contributed by atoms with Crippen LogP contribution in [-0.2, 0) is 4.74 Å². The smallest absolute Gasteiger partial charge is 0.123 e. The molecule has 1 aromatic carbocycles. The molecule has 0 radical (unpaired) electrons. The summed E-state index contributed by atoms with van der Waals surface area (Å²) in [4.78, 5) is 0. The van der Waals surface area contributed by atoms with E-state index in [0.29, 0.717) is 5.92 Å². The number of nitrogens with one attached hydrogen (secondary N) is 1. The Bertz CT molecular complexity index is 403. The standard InChI is InChI=1S/C15H22FNO/c1-4-18-15(11-5-6-11)14(17-3)13-8-7-12(16)9-10(13)2/h7-9,11,14-15,17H,4-6H2,1-3H3. The summed E-state index contributed by atoms with van der Waals surface area (Å²) in [5.74, 6) is 0.470. The molecule has 0 saturated heterocycles. The largest absolute Gasteiger partial charge is 0.376 e. The average molecular weight is 251 g/mol. The van der Waals surface area contributed by atoms with Crippen LogP contribution in [0.2, 0.25) is 0 Å². The highest BCUT2D eigenvalue weighted by atomic mass is 19.1. The van der Waals surface area contributed by atoms with E-state index in [-0.39, 0.29) is 18.0 Å². The summed E-state index contributed by atoms with van der Waals surface area (Å²) in [5, 5.41) is 3.34. The van der Waals surface area contributed by atoms with Crippen molar-refractivity contribution in [3.8, 4) is 0 Å². The minimum Gasteiger partial charge on any atom is -0.376 e. The maximum atomic E-state index is 13.2. The molecule has 3 heteroatoms. The Morgan fingerprint density at radius 1 is 1.44 bits per heavy atom. The second-order valence-corrected chi connectivity index (χ2v) is 5.02. The zero-order valence-corrected chi connectivity index (χ0v) is 11.4. The first-order valence-corrected chi connectivity index (χ1v) is 6.72. The average Bonchev–Trinajstić information content (AvgIpc) is 3.15. The maximum absolute atomic E-state index is 13.2. The van der Waals surface area contributed by atoms with Gasteiger partial charge in [-0.2, -0.15) is 0 Å². The van der Waals surface area contributed by atoms with Crippen molar-refractivity contribution in [3.63, 3.8) is 0 Å². The van der Waals surface area contributed by atoms with Crippen LogP contribution in [0.1, 0.15) is 36.9 Å². The molecule has 0 spiro atoms. The Morgan fingerprint density at radius 2 is 2.17 bits per heavy atom. The van der Waals surface area contributed by atoms with Gasteiger partial charge in [-0.3, -0.25) is 0 Å². The normalized spacial score (nSPS) is 18.7. The summed E-state index contributed by atoms with van der Waals surface area (Å²) in [6, 6.07) is 5.15. The monoisotopic (exact) mass is 251 g/mol. The molecule has 0 aromatic heterocycles. The minimum absolute atomic E-state index is 0.151. The zero-order chi connectivity index (χ0) is 13.1. The van der Waals surface area contributed by atoms with Crippen molar-refractivity contribution in [2.75, 3.05) is 13.7 Å². The van der Waals surface area contributed by atoms with Crippen LogP contribution in [0.25, 0.3) is 0 Å². The van der Waals surface area contributed by atoms with Crippen molar-refractivity contribution < 1.29 is 9.13 Å². The van der Waals surface area contributed by atoms with Crippen LogP contribution in [0.5, 0.6) is 0 Å². The van der Waals surface area contributed by atoms with Gasteiger partial charge in [-0.25, -0.2) is 4.39 Å². The number of ether oxygens (including phenoxy) is 1. The highest BCUT2D eigenvalue weighted by Gasteiger charge is 2.37. The van der Waals surface area contributed by atoms with Crippen molar-refractivity contribution in [3.05, 3.63) is 35.1 Å². The molecule has 1 aromatic rings. The highest BCUT2D eigenvalue weighted by Crippen LogP contribution is 2.40. The predicted molar refractivity (Wildman–Crippen MR) is 71.1 cm³/mol. The quantitative estimate of drug-likeness (QED) is 0.838. The van der Waals surface area contributed by atoms with Crippen molar-refractivity contribution >= 4 is 0 Å². The highest BCUT2D eigenvalue weighted by molar-refractivity contribution is 5.30. The van der Waals surface area contributed by atoms with Gasteiger partial charge in [0.1, 0.15) is 5.82 Å². The second kappa shape index (κ2) is 5.81. The van der Waals surface area contributed by atoms with Gasteiger partial charge in [0.05, 0.1) is 12.1 Å². The molecule has 1 fully saturated rings. The Hall–Kier alpha value is -0.930. The number of benzene rings is 1. The SMILES string of the molecule is CCOC(C1CC1)C(NC)c1ccc(F)cc1C. The van der Waals surface area contributed by atoms with Crippen LogP contribution in [0.15, 0.2) is 18.2 Å². The van der Waals surface area contributed by atoms with Gasteiger partial charge in [-0.05, 0) is 62.9 Å². The van der Waals surface area contributed by atoms with E-state index < -0.39 is 0 Å². The first kappa shape index (κ1) is 13.5. The van der Waals surface area contributed by atoms with Crippen LogP contribution >= 0.6 is 0 Å². The summed E-state index contributed by atoms with van der Waals surface area (Å²) >= 11 is 0. The molecule has 0 heterocycles. The van der Waals surface area contributed by atoms with Crippen LogP contribution in [-0.4, -0.2) is 19.8 Å². The molecule has 1 N–H and O–H groups in total. The lowest BCUT2D eigenvalue weighted by Gasteiger charge is -2.28. The van der Waals surface area contributed by atoms with Gasteiger partial charge in [0, 0.05) is 6.61 Å². The van der Waals surface area contributed by atoms with Crippen molar-refractivity contribution in [1.29, 1.82) is 0 Å². The summed E-state index contributed by atoms with van der Waals surface area (Å²) in [6.07, 6.45) is 2.68. The number of likely N-dealkylation sites (N-methyl/N-ethyl adjacent to an activating group) is 1. The van der Waals surface area contributed by atoms with Gasteiger partial charge >= 0.3 is 0 Å². The maximum Gasteiger partial charge on any atom is 0.123 e. The number of halogens is 1. The number of hydrogen-bond acceptors (Lipinski definition) is 2. The lowest BCUT2D eigenvalue weighted by Crippen LogP contribution is -2.34. The molecule has 2 rings (SSSR count). The number of hydrogen-bond donors (Lipinski definition) is 1. The predicted octanol–water partition coefficient (Wildman–Crippen LogP) is 3.21. The van der Waals surface area contributed by atoms with E-state index in [0.717, 1.165) is 17.7 Å². The molecule has 18 heavy (non-hydrogen) atoms. The van der Waals surface area contributed by atoms with E-state index in [4.69, 9.17) is 4.74 Å². The van der Waals surface area contributed by atoms with Crippen LogP contribution < -0.4 is 5.32 Å². The fourth-order valence-corrected chi connectivity index (χ4v) is 2.61. The number of aryl methyl sites for hydroxylation is 1. The Labute approximate surface area is 109 Å². The third kappa shape index (κ3) is 2.90. The van der Waals surface area contributed by atoms with E-state index in [9.17, 15) is 4.39 Å². The molecular weight excluding hydrogens is 229 g/mol. The molecule has 1 saturated carbocycles. The van der Waals surface area contributed by atoms with Gasteiger partial charge in [-0.1, -0.05) is 6.07 Å². The molecule has 2 atom stereocenters. The van der Waals surface area contributed by atoms with Crippen molar-refractivity contribution in [2.24, 2.45) is 5.92 Å². The van der Waals surface area contributed by atoms with Crippen LogP contribution in [0.4, 0.5) is 4.39 Å². The molecule has 0 amide bonds. The van der Waals surface area contributed by atoms with Gasteiger partial charge in [-0.15, -0.1) is 0 Å². The van der Waals surface area contributed by atoms with Gasteiger partial charge in [0.25, 0.3) is 0 Å². The second-order valence-electron chi connectivity index (χ2n) is 5.02. The van der Waals surface area contributed by atoms with Gasteiger partial charge in [0.15, 0.2) is 0 Å². The molecule has 2 unspecified atom stereocenters. The summed E-state index contributed by atoms with van der Waals surface area (Å²) in [7, 11) is 1.95. The number of rotatable bonds is 6. The molecule has 1 aliphatic carbocycles. The van der Waals surface area contributed by atoms with E-state index in [2.05, 4.69) is 5.32 Å². The Morgan fingerprint density at radius 3 is 2.67 bits per heavy atom. The lowest BCUT2D eigenvalue weighted by molar-refractivity contribution is 0.0203. The molecule has 0 bridgehead atoms. The minimum atomic E-state index is -0.175. The first-order valence-electron chi connectivity index (χ1n) is 6.72. The summed E-state index contributed by atoms with van der Waals surface area (Å²) < 4.78 is 19.1. The van der Waals surface area contributed by atoms with Crippen molar-refractivity contribution in [1.82, 2.24) is 5.32 Å². The molecule has 1 aliphatic rings. The molecular formula is C15H22FNO. The van der Waals surface area contributed by atoms with Gasteiger partial charge < -0.3 is 10.1 Å². The fourth-order valence-electron chi connectivity index (χ4n) is 2.61. The van der Waals surface area contributed by atoms with E-state index in [1.807, 2.05) is 27.0 Å². The van der Waals surface area contributed by atoms with Crippen LogP contribution in [0.3, 0.4) is 0 Å². The van der Waals surface area contributed by atoms with E-state index >= 15 is 0 Å². The third-order valence-corrected chi connectivity index (χ3v) is 3.65. The summed E-state index contributed by atoms with van der Waals surface area (Å²) in [6.45, 7) is 4.71. The summed E-state index contributed by atoms with van der Waals surface area (Å²) in [5.41, 5.74) is 2.13. The first-order chi connectivity index (χ1) is 8.67. The lowest BCUT2D eigenvalue weighted by atomic mass is 9.94. The van der Waals surface area contributed by atoms with Crippen LogP contribution in [0, 0.1) is 18.7 Å². The topological polar surface area (TPSA) is 21.3 Å². The van der Waals surface area contributed by atoms with Crippen molar-refractivity contribution in [2.45, 2.75) is 38.8 Å². The molecule has 0 aliphatic heterocycles. The fraction of sp³-hybridized carbons (Fsp3) is 0.600. The zero-order valence-electron chi connectivity index (χ0n) is 11.4.